The van der Waals surface area contributed by atoms with Crippen LogP contribution in [0.4, 0.5) is 4.39 Å². The molecule has 9 nitrogen and oxygen atoms in total. The molecular weight excluding hydrogens is 431 g/mol. The first-order valence-electron chi connectivity index (χ1n) is 10.5. The summed E-state index contributed by atoms with van der Waals surface area (Å²) in [4.78, 5) is 53.5. The van der Waals surface area contributed by atoms with Crippen LogP contribution in [0.2, 0.25) is 0 Å². The summed E-state index contributed by atoms with van der Waals surface area (Å²) in [6, 6.07) is 9.20. The minimum Gasteiger partial charge on any atom is -0.452 e. The zero-order chi connectivity index (χ0) is 23.4. The Morgan fingerprint density at radius 3 is 2.55 bits per heavy atom. The molecule has 0 saturated carbocycles. The number of esters is 1. The Morgan fingerprint density at radius 2 is 1.76 bits per heavy atom. The highest BCUT2D eigenvalue weighted by Gasteiger charge is 2.17. The molecule has 0 atom stereocenters. The molecule has 1 aliphatic heterocycles. The molecule has 1 aliphatic rings. The number of halogens is 1. The van der Waals surface area contributed by atoms with Crippen molar-refractivity contribution >= 4 is 28.7 Å². The second kappa shape index (κ2) is 9.60. The summed E-state index contributed by atoms with van der Waals surface area (Å²) in [5, 5.41) is 0.415. The number of carbonyl (C=O) groups excluding carboxylic acids is 3. The van der Waals surface area contributed by atoms with Crippen molar-refractivity contribution in [2.45, 2.75) is 32.2 Å². The van der Waals surface area contributed by atoms with Gasteiger partial charge in [-0.15, -0.1) is 0 Å². The van der Waals surface area contributed by atoms with Crippen molar-refractivity contribution in [1.29, 1.82) is 0 Å². The van der Waals surface area contributed by atoms with Gasteiger partial charge in [0.15, 0.2) is 6.61 Å². The standard InChI is InChI=1S/C23H21FN4O5/c24-16-8-5-14(6-9-16)21(30)27-26-20(29)13-33-23(32)15-7-10-17-18(12-15)25-19-4-2-1-3-11-28(19)22(17)31/h5-10,12H,1-4,11,13H2,(H,26,29)(H,27,30). The first kappa shape index (κ1) is 22.1. The fourth-order valence-corrected chi connectivity index (χ4v) is 3.60. The maximum Gasteiger partial charge on any atom is 0.338 e. The maximum absolute atomic E-state index is 12.9. The van der Waals surface area contributed by atoms with Crippen LogP contribution >= 0.6 is 0 Å². The number of hydrazine groups is 1. The van der Waals surface area contributed by atoms with Crippen LogP contribution in [-0.2, 0) is 22.5 Å². The van der Waals surface area contributed by atoms with Crippen molar-refractivity contribution in [2.75, 3.05) is 6.61 Å². The van der Waals surface area contributed by atoms with Gasteiger partial charge in [0.1, 0.15) is 11.6 Å². The number of fused-ring (bicyclic) bond motifs is 2. The number of hydrogen-bond donors (Lipinski definition) is 2. The normalized spacial score (nSPS) is 13.0. The molecule has 170 valence electrons. The van der Waals surface area contributed by atoms with Crippen LogP contribution in [0.1, 0.15) is 45.8 Å². The number of aromatic nitrogens is 2. The van der Waals surface area contributed by atoms with Gasteiger partial charge in [-0.3, -0.25) is 29.8 Å². The Kier molecular flexibility index (Phi) is 6.43. The molecule has 4 rings (SSSR count). The van der Waals surface area contributed by atoms with E-state index >= 15 is 0 Å². The molecule has 0 bridgehead atoms. The zero-order valence-electron chi connectivity index (χ0n) is 17.6. The molecule has 1 aromatic heterocycles. The topological polar surface area (TPSA) is 119 Å². The predicted octanol–water partition coefficient (Wildman–Crippen LogP) is 1.88. The van der Waals surface area contributed by atoms with Crippen molar-refractivity contribution in [3.05, 3.63) is 75.6 Å². The van der Waals surface area contributed by atoms with E-state index in [2.05, 4.69) is 15.8 Å². The fraction of sp³-hybridized carbons (Fsp3) is 0.261. The number of nitrogens with zero attached hydrogens (tertiary/aromatic N) is 2. The molecule has 0 aliphatic carbocycles. The quantitative estimate of drug-likeness (QED) is 0.461. The lowest BCUT2D eigenvalue weighted by molar-refractivity contribution is -0.125. The van der Waals surface area contributed by atoms with Gasteiger partial charge in [-0.05, 0) is 55.3 Å². The van der Waals surface area contributed by atoms with E-state index in [0.29, 0.717) is 29.7 Å². The number of amides is 2. The molecule has 3 aromatic rings. The Morgan fingerprint density at radius 1 is 1.00 bits per heavy atom. The molecule has 33 heavy (non-hydrogen) atoms. The average molecular weight is 452 g/mol. The number of ether oxygens (including phenoxy) is 1. The second-order valence-electron chi connectivity index (χ2n) is 7.61. The van der Waals surface area contributed by atoms with Gasteiger partial charge in [0, 0.05) is 18.5 Å². The average Bonchev–Trinajstić information content (AvgIpc) is 3.07. The van der Waals surface area contributed by atoms with Crippen molar-refractivity contribution in [3.63, 3.8) is 0 Å². The van der Waals surface area contributed by atoms with Crippen molar-refractivity contribution in [2.24, 2.45) is 0 Å². The minimum absolute atomic E-state index is 0.131. The van der Waals surface area contributed by atoms with E-state index in [4.69, 9.17) is 4.74 Å². The van der Waals surface area contributed by atoms with Crippen molar-refractivity contribution in [3.8, 4) is 0 Å². The van der Waals surface area contributed by atoms with Gasteiger partial charge >= 0.3 is 5.97 Å². The third-order valence-corrected chi connectivity index (χ3v) is 5.31. The van der Waals surface area contributed by atoms with Crippen LogP contribution in [0.25, 0.3) is 10.9 Å². The SMILES string of the molecule is O=C(COC(=O)c1ccc2c(=O)n3c(nc2c1)CCCCC3)NNC(=O)c1ccc(F)cc1. The monoisotopic (exact) mass is 452 g/mol. The molecule has 0 spiro atoms. The van der Waals surface area contributed by atoms with Crippen LogP contribution in [0, 0.1) is 5.82 Å². The molecular formula is C23H21FN4O5. The van der Waals surface area contributed by atoms with Gasteiger partial charge in [-0.1, -0.05) is 6.42 Å². The summed E-state index contributed by atoms with van der Waals surface area (Å²) in [7, 11) is 0. The molecule has 2 heterocycles. The molecule has 2 amide bonds. The smallest absolute Gasteiger partial charge is 0.338 e. The lowest BCUT2D eigenvalue weighted by Crippen LogP contribution is -2.43. The lowest BCUT2D eigenvalue weighted by Gasteiger charge is -2.11. The van der Waals surface area contributed by atoms with Crippen LogP contribution < -0.4 is 16.4 Å². The number of rotatable bonds is 4. The number of benzene rings is 2. The van der Waals surface area contributed by atoms with E-state index in [9.17, 15) is 23.6 Å². The van der Waals surface area contributed by atoms with E-state index in [-0.39, 0.29) is 16.7 Å². The van der Waals surface area contributed by atoms with E-state index in [1.807, 2.05) is 0 Å². The van der Waals surface area contributed by atoms with Crippen LogP contribution in [-0.4, -0.2) is 33.9 Å². The number of hydrogen-bond acceptors (Lipinski definition) is 6. The molecule has 0 radical (unpaired) electrons. The van der Waals surface area contributed by atoms with E-state index in [1.54, 1.807) is 4.57 Å². The largest absolute Gasteiger partial charge is 0.452 e. The van der Waals surface area contributed by atoms with Crippen molar-refractivity contribution < 1.29 is 23.5 Å². The Labute approximate surface area is 187 Å². The highest BCUT2D eigenvalue weighted by atomic mass is 19.1. The third-order valence-electron chi connectivity index (χ3n) is 5.31. The molecule has 2 aromatic carbocycles. The molecule has 10 heteroatoms. The number of carbonyl (C=O) groups is 3. The minimum atomic E-state index is -0.770. The Balaban J connectivity index is 1.37. The first-order valence-corrected chi connectivity index (χ1v) is 10.5. The summed E-state index contributed by atoms with van der Waals surface area (Å²) < 4.78 is 19.6. The fourth-order valence-electron chi connectivity index (χ4n) is 3.60. The van der Waals surface area contributed by atoms with Gasteiger partial charge < -0.3 is 4.74 Å². The summed E-state index contributed by atoms with van der Waals surface area (Å²) in [5.41, 5.74) is 4.82. The first-order chi connectivity index (χ1) is 15.9. The molecule has 0 saturated heterocycles. The predicted molar refractivity (Wildman–Crippen MR) is 116 cm³/mol. The Hall–Kier alpha value is -4.08. The van der Waals surface area contributed by atoms with Gasteiger partial charge in [0.05, 0.1) is 16.5 Å². The van der Waals surface area contributed by atoms with E-state index < -0.39 is 30.2 Å². The summed E-state index contributed by atoms with van der Waals surface area (Å²) in [6.45, 7) is -0.00541. The molecule has 0 unspecified atom stereocenters. The highest BCUT2D eigenvalue weighted by Crippen LogP contribution is 2.16. The van der Waals surface area contributed by atoms with E-state index in [1.165, 1.54) is 30.3 Å². The van der Waals surface area contributed by atoms with Gasteiger partial charge in [-0.2, -0.15) is 0 Å². The Bertz CT molecular complexity index is 1290. The van der Waals surface area contributed by atoms with Crippen LogP contribution in [0.3, 0.4) is 0 Å². The lowest BCUT2D eigenvalue weighted by atomic mass is 10.1. The molecule has 2 N–H and O–H groups in total. The van der Waals surface area contributed by atoms with Gasteiger partial charge in [0.2, 0.25) is 0 Å². The van der Waals surface area contributed by atoms with Gasteiger partial charge in [-0.25, -0.2) is 14.2 Å². The number of nitrogens with one attached hydrogen (secondary N) is 2. The molecule has 0 fully saturated rings. The zero-order valence-corrected chi connectivity index (χ0v) is 17.6. The second-order valence-corrected chi connectivity index (χ2v) is 7.61. The summed E-state index contributed by atoms with van der Waals surface area (Å²) in [6.07, 6.45) is 3.61. The van der Waals surface area contributed by atoms with E-state index in [0.717, 1.165) is 31.4 Å². The summed E-state index contributed by atoms with van der Waals surface area (Å²) in [5.74, 6) is -1.98. The van der Waals surface area contributed by atoms with Crippen molar-refractivity contribution in [1.82, 2.24) is 20.4 Å². The number of aryl methyl sites for hydroxylation is 1. The maximum atomic E-state index is 12.9. The van der Waals surface area contributed by atoms with Gasteiger partial charge in [0.25, 0.3) is 17.4 Å². The van der Waals surface area contributed by atoms with Crippen LogP contribution in [0.15, 0.2) is 47.3 Å². The summed E-state index contributed by atoms with van der Waals surface area (Å²) >= 11 is 0. The van der Waals surface area contributed by atoms with Crippen LogP contribution in [0.5, 0.6) is 0 Å². The third kappa shape index (κ3) is 5.05. The highest BCUT2D eigenvalue weighted by molar-refractivity contribution is 5.97.